The highest BCUT2D eigenvalue weighted by Gasteiger charge is 2.08. The summed E-state index contributed by atoms with van der Waals surface area (Å²) in [5, 5.41) is 11.8. The van der Waals surface area contributed by atoms with E-state index >= 15 is 0 Å². The molecular formula is C6H13NO2. The van der Waals surface area contributed by atoms with Crippen LogP contribution in [0.25, 0.3) is 0 Å². The van der Waals surface area contributed by atoms with Crippen LogP contribution in [0.2, 0.25) is 0 Å². The molecule has 1 atom stereocenters. The zero-order valence-electron chi connectivity index (χ0n) is 5.47. The highest BCUT2D eigenvalue weighted by molar-refractivity contribution is 4.66. The van der Waals surface area contributed by atoms with Gasteiger partial charge in [-0.25, -0.2) is 0 Å². The van der Waals surface area contributed by atoms with Gasteiger partial charge in [-0.05, 0) is 13.0 Å². The van der Waals surface area contributed by atoms with E-state index in [1.54, 1.807) is 0 Å². The van der Waals surface area contributed by atoms with Crippen LogP contribution in [0.4, 0.5) is 0 Å². The second kappa shape index (κ2) is 3.82. The fourth-order valence-corrected chi connectivity index (χ4v) is 0.882. The van der Waals surface area contributed by atoms with E-state index in [9.17, 15) is 0 Å². The molecule has 0 spiro atoms. The maximum absolute atomic E-state index is 8.67. The van der Waals surface area contributed by atoms with Gasteiger partial charge in [0.2, 0.25) is 0 Å². The number of hydrogen-bond acceptors (Lipinski definition) is 3. The predicted octanol–water partition coefficient (Wildman–Crippen LogP) is -0.643. The Hall–Kier alpha value is -0.120. The number of hydrogen-bond donors (Lipinski definition) is 2. The van der Waals surface area contributed by atoms with Crippen molar-refractivity contribution < 1.29 is 9.84 Å². The van der Waals surface area contributed by atoms with Gasteiger partial charge < -0.3 is 15.2 Å². The quantitative estimate of drug-likeness (QED) is 0.497. The Labute approximate surface area is 55.0 Å². The normalized spacial score (nSPS) is 29.7. The van der Waals surface area contributed by atoms with E-state index in [4.69, 9.17) is 9.84 Å². The van der Waals surface area contributed by atoms with Gasteiger partial charge in [0.05, 0.1) is 19.3 Å². The number of nitrogens with one attached hydrogen (secondary N) is 1. The maximum atomic E-state index is 8.67. The summed E-state index contributed by atoms with van der Waals surface area (Å²) in [6.45, 7) is 2.62. The number of aliphatic hydroxyl groups excluding tert-OH is 1. The van der Waals surface area contributed by atoms with E-state index < -0.39 is 0 Å². The highest BCUT2D eigenvalue weighted by Crippen LogP contribution is 1.92. The minimum atomic E-state index is 0.160. The third kappa shape index (κ3) is 2.30. The largest absolute Gasteiger partial charge is 0.395 e. The van der Waals surface area contributed by atoms with Crippen molar-refractivity contribution in [2.24, 2.45) is 0 Å². The van der Waals surface area contributed by atoms with Crippen molar-refractivity contribution in [1.82, 2.24) is 5.32 Å². The van der Waals surface area contributed by atoms with E-state index in [2.05, 4.69) is 5.32 Å². The van der Waals surface area contributed by atoms with Gasteiger partial charge in [0.1, 0.15) is 0 Å². The van der Waals surface area contributed by atoms with Gasteiger partial charge >= 0.3 is 0 Å². The predicted molar refractivity (Wildman–Crippen MR) is 34.3 cm³/mol. The van der Waals surface area contributed by atoms with Crippen LogP contribution >= 0.6 is 0 Å². The highest BCUT2D eigenvalue weighted by atomic mass is 16.5. The Morgan fingerprint density at radius 3 is 3.33 bits per heavy atom. The van der Waals surface area contributed by atoms with Crippen molar-refractivity contribution in [3.8, 4) is 0 Å². The van der Waals surface area contributed by atoms with Gasteiger partial charge in [0.25, 0.3) is 0 Å². The molecule has 54 valence electrons. The molecule has 1 rings (SSSR count). The molecule has 0 unspecified atom stereocenters. The van der Waals surface area contributed by atoms with Crippen molar-refractivity contribution >= 4 is 0 Å². The minimum Gasteiger partial charge on any atom is -0.395 e. The Morgan fingerprint density at radius 2 is 2.56 bits per heavy atom. The summed E-state index contributed by atoms with van der Waals surface area (Å²) < 4.78 is 5.18. The third-order valence-electron chi connectivity index (χ3n) is 1.44. The first-order valence-electron chi connectivity index (χ1n) is 3.35. The van der Waals surface area contributed by atoms with E-state index in [0.29, 0.717) is 6.61 Å². The lowest BCUT2D eigenvalue weighted by atomic mass is 10.3. The molecule has 1 heterocycles. The van der Waals surface area contributed by atoms with Gasteiger partial charge in [-0.15, -0.1) is 0 Å². The van der Waals surface area contributed by atoms with Gasteiger partial charge in [-0.2, -0.15) is 0 Å². The van der Waals surface area contributed by atoms with Crippen molar-refractivity contribution in [3.05, 3.63) is 0 Å². The molecule has 1 saturated heterocycles. The van der Waals surface area contributed by atoms with Crippen molar-refractivity contribution in [1.29, 1.82) is 0 Å². The molecule has 0 aromatic carbocycles. The summed E-state index contributed by atoms with van der Waals surface area (Å²) in [5.74, 6) is 0. The molecule has 0 saturated carbocycles. The molecule has 0 amide bonds. The summed E-state index contributed by atoms with van der Waals surface area (Å²) in [6, 6.07) is 0.160. The Kier molecular flexibility index (Phi) is 2.97. The molecule has 1 fully saturated rings. The molecule has 0 radical (unpaired) electrons. The molecule has 1 aliphatic heterocycles. The van der Waals surface area contributed by atoms with Gasteiger partial charge in [-0.1, -0.05) is 0 Å². The minimum absolute atomic E-state index is 0.160. The zero-order valence-corrected chi connectivity index (χ0v) is 5.47. The van der Waals surface area contributed by atoms with Crippen LogP contribution in [0.3, 0.4) is 0 Å². The summed E-state index contributed by atoms with van der Waals surface area (Å²) >= 11 is 0. The second-order valence-electron chi connectivity index (χ2n) is 2.26. The Morgan fingerprint density at radius 1 is 1.67 bits per heavy atom. The maximum Gasteiger partial charge on any atom is 0.0642 e. The molecule has 2 N–H and O–H groups in total. The summed E-state index contributed by atoms with van der Waals surface area (Å²) in [5.41, 5.74) is 0. The molecule has 0 aliphatic carbocycles. The molecule has 3 nitrogen and oxygen atoms in total. The Bertz CT molecular complexity index is 69.5. The van der Waals surface area contributed by atoms with Crippen molar-refractivity contribution in [3.63, 3.8) is 0 Å². The van der Waals surface area contributed by atoms with Crippen LogP contribution in [-0.2, 0) is 4.74 Å². The summed E-state index contributed by atoms with van der Waals surface area (Å²) in [7, 11) is 0. The fraction of sp³-hybridized carbons (Fsp3) is 1.00. The Balaban J connectivity index is 2.18. The first-order chi connectivity index (χ1) is 4.43. The number of rotatable bonds is 1. The SMILES string of the molecule is OC[C@H]1COCCCN1. The smallest absolute Gasteiger partial charge is 0.0642 e. The standard InChI is InChI=1S/C6H13NO2/c8-4-6-5-9-3-1-2-7-6/h6-8H,1-5H2/t6-/m0/s1. The topological polar surface area (TPSA) is 41.5 Å². The molecule has 0 aromatic heterocycles. The van der Waals surface area contributed by atoms with E-state index in [0.717, 1.165) is 19.6 Å². The lowest BCUT2D eigenvalue weighted by Gasteiger charge is -2.09. The fourth-order valence-electron chi connectivity index (χ4n) is 0.882. The van der Waals surface area contributed by atoms with Crippen LogP contribution < -0.4 is 5.32 Å². The van der Waals surface area contributed by atoms with Gasteiger partial charge in [0, 0.05) is 6.61 Å². The van der Waals surface area contributed by atoms with Crippen LogP contribution in [0.15, 0.2) is 0 Å². The first kappa shape index (κ1) is 6.99. The molecule has 0 bridgehead atoms. The van der Waals surface area contributed by atoms with Crippen molar-refractivity contribution in [2.45, 2.75) is 12.5 Å². The average Bonchev–Trinajstić information content (AvgIpc) is 2.13. The van der Waals surface area contributed by atoms with Crippen LogP contribution in [0, 0.1) is 0 Å². The van der Waals surface area contributed by atoms with Crippen molar-refractivity contribution in [2.75, 3.05) is 26.4 Å². The number of aliphatic hydroxyl groups is 1. The zero-order chi connectivity index (χ0) is 6.53. The molecular weight excluding hydrogens is 118 g/mol. The third-order valence-corrected chi connectivity index (χ3v) is 1.44. The van der Waals surface area contributed by atoms with E-state index in [1.165, 1.54) is 0 Å². The monoisotopic (exact) mass is 131 g/mol. The van der Waals surface area contributed by atoms with Crippen LogP contribution in [0.1, 0.15) is 6.42 Å². The lowest BCUT2D eigenvalue weighted by molar-refractivity contribution is 0.109. The second-order valence-corrected chi connectivity index (χ2v) is 2.26. The first-order valence-corrected chi connectivity index (χ1v) is 3.35. The summed E-state index contributed by atoms with van der Waals surface area (Å²) in [6.07, 6.45) is 1.05. The molecule has 3 heteroatoms. The van der Waals surface area contributed by atoms with E-state index in [-0.39, 0.29) is 12.6 Å². The number of ether oxygens (including phenoxy) is 1. The van der Waals surface area contributed by atoms with E-state index in [1.807, 2.05) is 0 Å². The summed E-state index contributed by atoms with van der Waals surface area (Å²) in [4.78, 5) is 0. The molecule has 1 aliphatic rings. The average molecular weight is 131 g/mol. The van der Waals surface area contributed by atoms with Crippen LogP contribution in [0.5, 0.6) is 0 Å². The molecule has 0 aromatic rings. The molecule has 9 heavy (non-hydrogen) atoms. The van der Waals surface area contributed by atoms with Crippen LogP contribution in [-0.4, -0.2) is 37.5 Å². The van der Waals surface area contributed by atoms with Gasteiger partial charge in [-0.3, -0.25) is 0 Å². The lowest BCUT2D eigenvalue weighted by Crippen LogP contribution is -2.34. The van der Waals surface area contributed by atoms with Gasteiger partial charge in [0.15, 0.2) is 0 Å².